The summed E-state index contributed by atoms with van der Waals surface area (Å²) < 4.78 is 0. The molecular formula is C15H19NO3. The predicted octanol–water partition coefficient (Wildman–Crippen LogP) is 2.11. The van der Waals surface area contributed by atoms with E-state index in [1.165, 1.54) is 4.90 Å². The second-order valence-corrected chi connectivity index (χ2v) is 5.21. The first-order valence-electron chi connectivity index (χ1n) is 6.60. The van der Waals surface area contributed by atoms with Crippen LogP contribution in [-0.4, -0.2) is 34.5 Å². The number of carboxylic acids is 1. The van der Waals surface area contributed by atoms with E-state index in [2.05, 4.69) is 0 Å². The van der Waals surface area contributed by atoms with Crippen molar-refractivity contribution in [1.82, 2.24) is 4.90 Å². The van der Waals surface area contributed by atoms with Crippen LogP contribution >= 0.6 is 0 Å². The van der Waals surface area contributed by atoms with E-state index in [0.29, 0.717) is 6.54 Å². The largest absolute Gasteiger partial charge is 0.480 e. The predicted molar refractivity (Wildman–Crippen MR) is 71.8 cm³/mol. The first kappa shape index (κ1) is 13.6. The molecule has 1 N–H and O–H groups in total. The summed E-state index contributed by atoms with van der Waals surface area (Å²) in [6, 6.07) is 8.80. The van der Waals surface area contributed by atoms with E-state index in [0.717, 1.165) is 12.0 Å². The van der Waals surface area contributed by atoms with Crippen LogP contribution in [0.2, 0.25) is 0 Å². The summed E-state index contributed by atoms with van der Waals surface area (Å²) in [5.74, 6) is -1.28. The van der Waals surface area contributed by atoms with E-state index in [-0.39, 0.29) is 17.7 Å². The molecular weight excluding hydrogens is 242 g/mol. The Morgan fingerprint density at radius 2 is 1.95 bits per heavy atom. The maximum absolute atomic E-state index is 12.5. The molecule has 1 aromatic rings. The second kappa shape index (κ2) is 5.43. The molecule has 0 aromatic heterocycles. The highest BCUT2D eigenvalue weighted by molar-refractivity contribution is 5.88. The van der Waals surface area contributed by atoms with Crippen LogP contribution in [0.1, 0.15) is 31.7 Å². The Balaban J connectivity index is 2.18. The van der Waals surface area contributed by atoms with Crippen LogP contribution in [-0.2, 0) is 9.59 Å². The summed E-state index contributed by atoms with van der Waals surface area (Å²) in [7, 11) is 0. The molecule has 0 aliphatic carbocycles. The number of benzene rings is 1. The zero-order chi connectivity index (χ0) is 14.0. The Bertz CT molecular complexity index is 472. The summed E-state index contributed by atoms with van der Waals surface area (Å²) in [6.45, 7) is 4.26. The van der Waals surface area contributed by atoms with E-state index in [9.17, 15) is 14.7 Å². The topological polar surface area (TPSA) is 57.6 Å². The van der Waals surface area contributed by atoms with Crippen LogP contribution in [0, 0.1) is 5.92 Å². The number of amides is 1. The van der Waals surface area contributed by atoms with Gasteiger partial charge in [-0.05, 0) is 24.8 Å². The van der Waals surface area contributed by atoms with Crippen molar-refractivity contribution in [2.45, 2.75) is 32.2 Å². The van der Waals surface area contributed by atoms with Gasteiger partial charge in [0.25, 0.3) is 0 Å². The van der Waals surface area contributed by atoms with Crippen molar-refractivity contribution >= 4 is 11.9 Å². The minimum absolute atomic E-state index is 0.0180. The lowest BCUT2D eigenvalue weighted by atomic mass is 9.98. The van der Waals surface area contributed by atoms with Gasteiger partial charge in [0.2, 0.25) is 5.91 Å². The summed E-state index contributed by atoms with van der Waals surface area (Å²) >= 11 is 0. The third-order valence-corrected chi connectivity index (χ3v) is 3.91. The molecule has 3 unspecified atom stereocenters. The number of hydrogen-bond acceptors (Lipinski definition) is 2. The van der Waals surface area contributed by atoms with E-state index in [1.807, 2.05) is 44.2 Å². The fraction of sp³-hybridized carbons (Fsp3) is 0.467. The third-order valence-electron chi connectivity index (χ3n) is 3.91. The van der Waals surface area contributed by atoms with Gasteiger partial charge in [-0.3, -0.25) is 4.79 Å². The van der Waals surface area contributed by atoms with E-state index in [1.54, 1.807) is 0 Å². The minimum Gasteiger partial charge on any atom is -0.480 e. The van der Waals surface area contributed by atoms with E-state index >= 15 is 0 Å². The molecule has 1 heterocycles. The van der Waals surface area contributed by atoms with Crippen molar-refractivity contribution in [3.05, 3.63) is 35.9 Å². The molecule has 0 saturated carbocycles. The molecule has 19 heavy (non-hydrogen) atoms. The normalized spacial score (nSPS) is 24.2. The summed E-state index contributed by atoms with van der Waals surface area (Å²) in [4.78, 5) is 25.3. The molecule has 0 bridgehead atoms. The fourth-order valence-electron chi connectivity index (χ4n) is 2.70. The standard InChI is InChI=1S/C15H19NO3/c1-10-8-9-16(13(10)15(18)19)14(17)11(2)12-6-4-3-5-7-12/h3-7,10-11,13H,8-9H2,1-2H3,(H,18,19). The average molecular weight is 261 g/mol. The van der Waals surface area contributed by atoms with Gasteiger partial charge in [-0.25, -0.2) is 4.79 Å². The molecule has 102 valence electrons. The van der Waals surface area contributed by atoms with Gasteiger partial charge in [0, 0.05) is 6.54 Å². The highest BCUT2D eigenvalue weighted by Gasteiger charge is 2.40. The Kier molecular flexibility index (Phi) is 3.88. The van der Waals surface area contributed by atoms with Crippen molar-refractivity contribution in [2.24, 2.45) is 5.92 Å². The average Bonchev–Trinajstić information content (AvgIpc) is 2.80. The smallest absolute Gasteiger partial charge is 0.326 e. The first-order valence-corrected chi connectivity index (χ1v) is 6.60. The number of carbonyl (C=O) groups is 2. The van der Waals surface area contributed by atoms with Crippen LogP contribution in [0.15, 0.2) is 30.3 Å². The van der Waals surface area contributed by atoms with Gasteiger partial charge in [-0.2, -0.15) is 0 Å². The number of likely N-dealkylation sites (tertiary alicyclic amines) is 1. The lowest BCUT2D eigenvalue weighted by molar-refractivity contribution is -0.149. The summed E-state index contributed by atoms with van der Waals surface area (Å²) in [5, 5.41) is 9.26. The Morgan fingerprint density at radius 3 is 2.53 bits per heavy atom. The Morgan fingerprint density at radius 1 is 1.32 bits per heavy atom. The maximum atomic E-state index is 12.5. The summed E-state index contributed by atoms with van der Waals surface area (Å²) in [5.41, 5.74) is 0.927. The maximum Gasteiger partial charge on any atom is 0.326 e. The quantitative estimate of drug-likeness (QED) is 0.906. The monoisotopic (exact) mass is 261 g/mol. The van der Waals surface area contributed by atoms with Crippen molar-refractivity contribution in [2.75, 3.05) is 6.54 Å². The van der Waals surface area contributed by atoms with Crippen LogP contribution < -0.4 is 0 Å². The molecule has 2 rings (SSSR count). The second-order valence-electron chi connectivity index (χ2n) is 5.21. The molecule has 0 radical (unpaired) electrons. The van der Waals surface area contributed by atoms with Crippen molar-refractivity contribution in [3.8, 4) is 0 Å². The highest BCUT2D eigenvalue weighted by Crippen LogP contribution is 2.28. The summed E-state index contributed by atoms with van der Waals surface area (Å²) in [6.07, 6.45) is 0.754. The van der Waals surface area contributed by atoms with Crippen molar-refractivity contribution < 1.29 is 14.7 Å². The molecule has 1 aliphatic heterocycles. The molecule has 1 saturated heterocycles. The van der Waals surface area contributed by atoms with Gasteiger partial charge in [-0.1, -0.05) is 37.3 Å². The molecule has 1 amide bonds. The van der Waals surface area contributed by atoms with Crippen molar-refractivity contribution in [1.29, 1.82) is 0 Å². The number of rotatable bonds is 3. The van der Waals surface area contributed by atoms with Gasteiger partial charge in [-0.15, -0.1) is 0 Å². The number of carboxylic acid groups (broad SMARTS) is 1. The third kappa shape index (κ3) is 2.62. The van der Waals surface area contributed by atoms with Crippen molar-refractivity contribution in [3.63, 3.8) is 0 Å². The highest BCUT2D eigenvalue weighted by atomic mass is 16.4. The molecule has 1 aliphatic rings. The number of aliphatic carboxylic acids is 1. The van der Waals surface area contributed by atoms with Gasteiger partial charge in [0.1, 0.15) is 6.04 Å². The zero-order valence-corrected chi connectivity index (χ0v) is 11.2. The number of hydrogen-bond donors (Lipinski definition) is 1. The van der Waals surface area contributed by atoms with Gasteiger partial charge >= 0.3 is 5.97 Å². The molecule has 3 atom stereocenters. The minimum atomic E-state index is -0.904. The molecule has 1 fully saturated rings. The first-order chi connectivity index (χ1) is 9.02. The van der Waals surface area contributed by atoms with Gasteiger partial charge in [0.05, 0.1) is 5.92 Å². The van der Waals surface area contributed by atoms with Gasteiger partial charge in [0.15, 0.2) is 0 Å². The zero-order valence-electron chi connectivity index (χ0n) is 11.2. The van der Waals surface area contributed by atoms with Crippen LogP contribution in [0.3, 0.4) is 0 Å². The Hall–Kier alpha value is -1.84. The SMILES string of the molecule is CC(C(=O)N1CCC(C)C1C(=O)O)c1ccccc1. The lowest BCUT2D eigenvalue weighted by Gasteiger charge is -2.26. The molecule has 1 aromatic carbocycles. The number of nitrogens with zero attached hydrogens (tertiary/aromatic N) is 1. The van der Waals surface area contributed by atoms with Crippen LogP contribution in [0.5, 0.6) is 0 Å². The van der Waals surface area contributed by atoms with Crippen LogP contribution in [0.25, 0.3) is 0 Å². The molecule has 4 heteroatoms. The lowest BCUT2D eigenvalue weighted by Crippen LogP contribution is -2.44. The van der Waals surface area contributed by atoms with Gasteiger partial charge < -0.3 is 10.0 Å². The number of carbonyl (C=O) groups excluding carboxylic acids is 1. The Labute approximate surface area is 113 Å². The van der Waals surface area contributed by atoms with E-state index in [4.69, 9.17) is 0 Å². The van der Waals surface area contributed by atoms with E-state index < -0.39 is 12.0 Å². The fourth-order valence-corrected chi connectivity index (χ4v) is 2.70. The molecule has 4 nitrogen and oxygen atoms in total. The van der Waals surface area contributed by atoms with Crippen LogP contribution in [0.4, 0.5) is 0 Å². The molecule has 0 spiro atoms.